The summed E-state index contributed by atoms with van der Waals surface area (Å²) in [6, 6.07) is 13.0. The molecule has 0 saturated heterocycles. The number of benzene rings is 1. The lowest BCUT2D eigenvalue weighted by atomic mass is 9.88. The Morgan fingerprint density at radius 2 is 1.91 bits per heavy atom. The van der Waals surface area contributed by atoms with Gasteiger partial charge in [0, 0.05) is 5.92 Å². The summed E-state index contributed by atoms with van der Waals surface area (Å²) in [6.07, 6.45) is 2.22. The molecule has 1 amide bonds. The van der Waals surface area contributed by atoms with Gasteiger partial charge in [0.1, 0.15) is 11.8 Å². The first-order valence-corrected chi connectivity index (χ1v) is 7.60. The number of carbonyl (C=O) groups is 1. The number of furan rings is 1. The van der Waals surface area contributed by atoms with E-state index in [4.69, 9.17) is 4.42 Å². The van der Waals surface area contributed by atoms with E-state index in [1.807, 2.05) is 44.2 Å². The highest BCUT2D eigenvalue weighted by atomic mass is 16.3. The van der Waals surface area contributed by atoms with Crippen molar-refractivity contribution >= 4 is 5.91 Å². The van der Waals surface area contributed by atoms with Gasteiger partial charge in [0.15, 0.2) is 0 Å². The van der Waals surface area contributed by atoms with E-state index in [-0.39, 0.29) is 24.3 Å². The highest BCUT2D eigenvalue weighted by molar-refractivity contribution is 5.79. The Hall–Kier alpha value is -2.07. The average Bonchev–Trinajstić information content (AvgIpc) is 3.05. The van der Waals surface area contributed by atoms with Gasteiger partial charge in [-0.05, 0) is 30.0 Å². The molecule has 1 aromatic carbocycles. The maximum Gasteiger partial charge on any atom is 0.224 e. The Bertz CT molecular complexity index is 563. The standard InChI is InChI=1S/C18H23NO3/c1-13(2)15(11-14-7-4-3-5-8-14)18(21)19-16(12-20)17-9-6-10-22-17/h3-10,13,15-16,20H,11-12H2,1-2H3,(H,19,21). The molecule has 2 atom stereocenters. The molecule has 2 aromatic rings. The lowest BCUT2D eigenvalue weighted by molar-refractivity contribution is -0.127. The minimum Gasteiger partial charge on any atom is -0.467 e. The van der Waals surface area contributed by atoms with Gasteiger partial charge in [-0.2, -0.15) is 0 Å². The lowest BCUT2D eigenvalue weighted by Gasteiger charge is -2.23. The minimum atomic E-state index is -0.500. The molecule has 0 aliphatic heterocycles. The van der Waals surface area contributed by atoms with E-state index in [0.717, 1.165) is 5.56 Å². The molecule has 2 N–H and O–H groups in total. The molecule has 2 rings (SSSR count). The molecule has 1 aromatic heterocycles. The summed E-state index contributed by atoms with van der Waals surface area (Å²) >= 11 is 0. The van der Waals surface area contributed by atoms with Crippen LogP contribution in [0.3, 0.4) is 0 Å². The van der Waals surface area contributed by atoms with E-state index < -0.39 is 6.04 Å². The van der Waals surface area contributed by atoms with Crippen molar-refractivity contribution in [3.8, 4) is 0 Å². The monoisotopic (exact) mass is 301 g/mol. The molecule has 0 bridgehead atoms. The second-order valence-electron chi connectivity index (χ2n) is 5.80. The summed E-state index contributed by atoms with van der Waals surface area (Å²) in [6.45, 7) is 3.89. The highest BCUT2D eigenvalue weighted by Crippen LogP contribution is 2.20. The Labute approximate surface area is 131 Å². The van der Waals surface area contributed by atoms with E-state index in [2.05, 4.69) is 5.32 Å². The van der Waals surface area contributed by atoms with Crippen molar-refractivity contribution < 1.29 is 14.3 Å². The fourth-order valence-electron chi connectivity index (χ4n) is 2.47. The minimum absolute atomic E-state index is 0.0608. The third-order valence-electron chi connectivity index (χ3n) is 3.83. The van der Waals surface area contributed by atoms with Crippen LogP contribution >= 0.6 is 0 Å². The van der Waals surface area contributed by atoms with Crippen LogP contribution in [-0.4, -0.2) is 17.6 Å². The summed E-state index contributed by atoms with van der Waals surface area (Å²) in [5, 5.41) is 12.4. The zero-order chi connectivity index (χ0) is 15.9. The molecule has 0 radical (unpaired) electrons. The number of aliphatic hydroxyl groups is 1. The second kappa shape index (κ2) is 7.80. The smallest absolute Gasteiger partial charge is 0.224 e. The number of nitrogens with one attached hydrogen (secondary N) is 1. The maximum absolute atomic E-state index is 12.6. The third kappa shape index (κ3) is 4.21. The summed E-state index contributed by atoms with van der Waals surface area (Å²) in [4.78, 5) is 12.6. The number of aliphatic hydroxyl groups excluding tert-OH is 1. The van der Waals surface area contributed by atoms with Gasteiger partial charge in [-0.25, -0.2) is 0 Å². The zero-order valence-corrected chi connectivity index (χ0v) is 13.0. The molecule has 0 spiro atoms. The van der Waals surface area contributed by atoms with Crippen LogP contribution in [0.2, 0.25) is 0 Å². The Kier molecular flexibility index (Phi) is 5.78. The molecule has 0 fully saturated rings. The van der Waals surface area contributed by atoms with E-state index >= 15 is 0 Å². The normalized spacial score (nSPS) is 13.8. The topological polar surface area (TPSA) is 62.5 Å². The van der Waals surface area contributed by atoms with Crippen molar-refractivity contribution in [2.24, 2.45) is 11.8 Å². The fraction of sp³-hybridized carbons (Fsp3) is 0.389. The van der Waals surface area contributed by atoms with Crippen molar-refractivity contribution in [1.29, 1.82) is 0 Å². The molecule has 4 heteroatoms. The second-order valence-corrected chi connectivity index (χ2v) is 5.80. The van der Waals surface area contributed by atoms with E-state index in [1.165, 1.54) is 6.26 Å². The van der Waals surface area contributed by atoms with Gasteiger partial charge < -0.3 is 14.8 Å². The molecule has 118 valence electrons. The Morgan fingerprint density at radius 1 is 1.18 bits per heavy atom. The van der Waals surface area contributed by atoms with E-state index in [1.54, 1.807) is 12.1 Å². The molecule has 22 heavy (non-hydrogen) atoms. The predicted molar refractivity (Wildman–Crippen MR) is 85.2 cm³/mol. The SMILES string of the molecule is CC(C)C(Cc1ccccc1)C(=O)NC(CO)c1ccco1. The molecule has 0 saturated carbocycles. The summed E-state index contributed by atoms with van der Waals surface area (Å²) < 4.78 is 5.27. The van der Waals surface area contributed by atoms with Gasteiger partial charge in [-0.15, -0.1) is 0 Å². The van der Waals surface area contributed by atoms with Gasteiger partial charge in [-0.3, -0.25) is 4.79 Å². The fourth-order valence-corrected chi connectivity index (χ4v) is 2.47. The molecule has 1 heterocycles. The third-order valence-corrected chi connectivity index (χ3v) is 3.83. The Morgan fingerprint density at radius 3 is 2.45 bits per heavy atom. The first-order valence-electron chi connectivity index (χ1n) is 7.60. The van der Waals surface area contributed by atoms with E-state index in [0.29, 0.717) is 12.2 Å². The van der Waals surface area contributed by atoms with Gasteiger partial charge in [0.2, 0.25) is 5.91 Å². The number of hydrogen-bond acceptors (Lipinski definition) is 3. The average molecular weight is 301 g/mol. The van der Waals surface area contributed by atoms with Crippen LogP contribution in [0, 0.1) is 11.8 Å². The maximum atomic E-state index is 12.6. The number of hydrogen-bond donors (Lipinski definition) is 2. The summed E-state index contributed by atoms with van der Waals surface area (Å²) in [5.74, 6) is 0.565. The molecular weight excluding hydrogens is 278 g/mol. The van der Waals surface area contributed by atoms with Crippen LogP contribution in [0.25, 0.3) is 0 Å². The molecular formula is C18H23NO3. The molecule has 0 aliphatic rings. The van der Waals surface area contributed by atoms with Crippen LogP contribution in [0.1, 0.15) is 31.2 Å². The molecule has 4 nitrogen and oxygen atoms in total. The van der Waals surface area contributed by atoms with Gasteiger partial charge in [-0.1, -0.05) is 44.2 Å². The molecule has 2 unspecified atom stereocenters. The van der Waals surface area contributed by atoms with Crippen molar-refractivity contribution in [3.63, 3.8) is 0 Å². The zero-order valence-electron chi connectivity index (χ0n) is 13.0. The summed E-state index contributed by atoms with van der Waals surface area (Å²) in [7, 11) is 0. The van der Waals surface area contributed by atoms with Crippen LogP contribution in [-0.2, 0) is 11.2 Å². The Balaban J connectivity index is 2.06. The van der Waals surface area contributed by atoms with Gasteiger partial charge in [0.05, 0.1) is 12.9 Å². The van der Waals surface area contributed by atoms with Crippen LogP contribution in [0.15, 0.2) is 53.1 Å². The molecule has 0 aliphatic carbocycles. The lowest BCUT2D eigenvalue weighted by Crippen LogP contribution is -2.38. The van der Waals surface area contributed by atoms with Gasteiger partial charge in [0.25, 0.3) is 0 Å². The van der Waals surface area contributed by atoms with Crippen LogP contribution in [0.5, 0.6) is 0 Å². The largest absolute Gasteiger partial charge is 0.467 e. The van der Waals surface area contributed by atoms with Crippen molar-refractivity contribution in [2.75, 3.05) is 6.61 Å². The number of rotatable bonds is 7. The van der Waals surface area contributed by atoms with E-state index in [9.17, 15) is 9.90 Å². The summed E-state index contributed by atoms with van der Waals surface area (Å²) in [5.41, 5.74) is 1.13. The first kappa shape index (κ1) is 16.3. The highest BCUT2D eigenvalue weighted by Gasteiger charge is 2.26. The number of carbonyl (C=O) groups excluding carboxylic acids is 1. The van der Waals surface area contributed by atoms with Crippen molar-refractivity contribution in [1.82, 2.24) is 5.32 Å². The quantitative estimate of drug-likeness (QED) is 0.826. The van der Waals surface area contributed by atoms with Crippen LogP contribution < -0.4 is 5.32 Å². The first-order chi connectivity index (χ1) is 10.6. The van der Waals surface area contributed by atoms with Gasteiger partial charge >= 0.3 is 0 Å². The number of amides is 1. The van der Waals surface area contributed by atoms with Crippen molar-refractivity contribution in [2.45, 2.75) is 26.3 Å². The predicted octanol–water partition coefficient (Wildman–Crippen LogP) is 2.94. The van der Waals surface area contributed by atoms with Crippen LogP contribution in [0.4, 0.5) is 0 Å². The van der Waals surface area contributed by atoms with Crippen molar-refractivity contribution in [3.05, 3.63) is 60.1 Å².